The maximum Gasteiger partial charge on any atom is 0.325 e. The Kier molecular flexibility index (Phi) is 3.17. The Morgan fingerprint density at radius 3 is 2.52 bits per heavy atom. The number of nitrogens with one attached hydrogen (secondary N) is 2. The maximum atomic E-state index is 11.6. The molecule has 0 aliphatic rings. The number of halogens is 1. The molecular formula is C16H10ClN5O. The molecule has 2 N–H and O–H groups in total. The molecule has 0 aromatic carbocycles. The molecule has 4 aromatic heterocycles. The lowest BCUT2D eigenvalue weighted by Gasteiger charge is -2.10. The third-order valence-electron chi connectivity index (χ3n) is 3.52. The average molecular weight is 324 g/mol. The molecule has 0 fully saturated rings. The first-order valence-corrected chi connectivity index (χ1v) is 7.23. The predicted octanol–water partition coefficient (Wildman–Crippen LogP) is 3.03. The van der Waals surface area contributed by atoms with Crippen molar-refractivity contribution in [3.05, 3.63) is 64.6 Å². The Labute approximate surface area is 135 Å². The quantitative estimate of drug-likeness (QED) is 0.593. The van der Waals surface area contributed by atoms with Crippen LogP contribution in [0.1, 0.15) is 0 Å². The van der Waals surface area contributed by atoms with E-state index in [-0.39, 0.29) is 5.69 Å². The van der Waals surface area contributed by atoms with Crippen molar-refractivity contribution < 1.29 is 0 Å². The Balaban J connectivity index is 2.08. The fourth-order valence-electron chi connectivity index (χ4n) is 2.49. The van der Waals surface area contributed by atoms with E-state index in [0.29, 0.717) is 21.9 Å². The van der Waals surface area contributed by atoms with E-state index in [1.165, 1.54) is 0 Å². The smallest absolute Gasteiger partial charge is 0.304 e. The SMILES string of the molecule is O=c1[nH]c2cc(-c3ccncc3Cl)c(-c3ccncc3)nc2[nH]1. The van der Waals surface area contributed by atoms with Crippen LogP contribution < -0.4 is 5.69 Å². The molecule has 7 heteroatoms. The number of rotatable bonds is 2. The van der Waals surface area contributed by atoms with Gasteiger partial charge in [-0.2, -0.15) is 0 Å². The van der Waals surface area contributed by atoms with E-state index in [9.17, 15) is 4.79 Å². The highest BCUT2D eigenvalue weighted by molar-refractivity contribution is 6.33. The second kappa shape index (κ2) is 5.33. The summed E-state index contributed by atoms with van der Waals surface area (Å²) < 4.78 is 0. The van der Waals surface area contributed by atoms with Crippen molar-refractivity contribution in [1.82, 2.24) is 24.9 Å². The Bertz CT molecular complexity index is 1050. The molecule has 0 unspecified atom stereocenters. The summed E-state index contributed by atoms with van der Waals surface area (Å²) in [5.41, 5.74) is 4.02. The number of nitrogens with zero attached hydrogens (tertiary/aromatic N) is 3. The minimum atomic E-state index is -0.300. The molecule has 0 bridgehead atoms. The fourth-order valence-corrected chi connectivity index (χ4v) is 2.71. The van der Waals surface area contributed by atoms with E-state index in [0.717, 1.165) is 16.7 Å². The van der Waals surface area contributed by atoms with Crippen molar-refractivity contribution in [3.63, 3.8) is 0 Å². The second-order valence-electron chi connectivity index (χ2n) is 4.95. The van der Waals surface area contributed by atoms with Gasteiger partial charge in [0.15, 0.2) is 5.65 Å². The molecule has 112 valence electrons. The van der Waals surface area contributed by atoms with Crippen LogP contribution in [0.15, 0.2) is 53.8 Å². The van der Waals surface area contributed by atoms with E-state index >= 15 is 0 Å². The molecule has 0 saturated heterocycles. The summed E-state index contributed by atoms with van der Waals surface area (Å²) in [6.45, 7) is 0. The van der Waals surface area contributed by atoms with Gasteiger partial charge in [-0.05, 0) is 24.3 Å². The van der Waals surface area contributed by atoms with Gasteiger partial charge in [-0.15, -0.1) is 0 Å². The van der Waals surface area contributed by atoms with Crippen LogP contribution in [-0.2, 0) is 0 Å². The summed E-state index contributed by atoms with van der Waals surface area (Å²) in [4.78, 5) is 29.6. The lowest BCUT2D eigenvalue weighted by atomic mass is 10.0. The lowest BCUT2D eigenvalue weighted by Crippen LogP contribution is -1.99. The summed E-state index contributed by atoms with van der Waals surface area (Å²) in [6.07, 6.45) is 6.64. The molecule has 0 atom stereocenters. The van der Waals surface area contributed by atoms with Crippen molar-refractivity contribution in [3.8, 4) is 22.4 Å². The molecule has 0 aliphatic carbocycles. The highest BCUT2D eigenvalue weighted by atomic mass is 35.5. The highest BCUT2D eigenvalue weighted by Gasteiger charge is 2.15. The topological polar surface area (TPSA) is 87.3 Å². The number of aromatic nitrogens is 5. The number of H-pyrrole nitrogens is 2. The Hall–Kier alpha value is -2.99. The van der Waals surface area contributed by atoms with E-state index in [2.05, 4.69) is 24.9 Å². The Morgan fingerprint density at radius 1 is 0.957 bits per heavy atom. The molecular weight excluding hydrogens is 314 g/mol. The standard InChI is InChI=1S/C16H10ClN5O/c17-12-8-19-6-3-10(12)11-7-13-15(22-16(23)20-13)21-14(11)9-1-4-18-5-2-9/h1-8H,(H2,20,21,22,23). The van der Waals surface area contributed by atoms with Gasteiger partial charge < -0.3 is 4.98 Å². The van der Waals surface area contributed by atoms with Crippen LogP contribution in [0.2, 0.25) is 5.02 Å². The van der Waals surface area contributed by atoms with Gasteiger partial charge in [0.25, 0.3) is 0 Å². The van der Waals surface area contributed by atoms with Gasteiger partial charge in [-0.25, -0.2) is 9.78 Å². The Morgan fingerprint density at radius 2 is 1.74 bits per heavy atom. The van der Waals surface area contributed by atoms with Gasteiger partial charge in [-0.1, -0.05) is 11.6 Å². The van der Waals surface area contributed by atoms with E-state index in [4.69, 9.17) is 11.6 Å². The number of hydrogen-bond donors (Lipinski definition) is 2. The summed E-state index contributed by atoms with van der Waals surface area (Å²) in [6, 6.07) is 7.40. The lowest BCUT2D eigenvalue weighted by molar-refractivity contribution is 1.20. The normalized spacial score (nSPS) is 11.0. The third kappa shape index (κ3) is 2.39. The second-order valence-corrected chi connectivity index (χ2v) is 5.36. The van der Waals surface area contributed by atoms with Gasteiger partial charge in [0.1, 0.15) is 0 Å². The van der Waals surface area contributed by atoms with Gasteiger partial charge in [0.05, 0.1) is 16.2 Å². The first-order chi connectivity index (χ1) is 11.2. The molecule has 0 spiro atoms. The summed E-state index contributed by atoms with van der Waals surface area (Å²) in [5, 5.41) is 0.516. The molecule has 0 aliphatic heterocycles. The van der Waals surface area contributed by atoms with E-state index < -0.39 is 0 Å². The average Bonchev–Trinajstić information content (AvgIpc) is 2.94. The molecule has 4 aromatic rings. The molecule has 4 heterocycles. The minimum absolute atomic E-state index is 0.300. The first kappa shape index (κ1) is 13.7. The largest absolute Gasteiger partial charge is 0.325 e. The maximum absolute atomic E-state index is 11.6. The number of fused-ring (bicyclic) bond motifs is 1. The monoisotopic (exact) mass is 323 g/mol. The number of pyridine rings is 3. The van der Waals surface area contributed by atoms with Crippen molar-refractivity contribution in [2.45, 2.75) is 0 Å². The van der Waals surface area contributed by atoms with E-state index in [1.807, 2.05) is 24.3 Å². The van der Waals surface area contributed by atoms with Gasteiger partial charge >= 0.3 is 5.69 Å². The van der Waals surface area contributed by atoms with Gasteiger partial charge in [-0.3, -0.25) is 15.0 Å². The van der Waals surface area contributed by atoms with E-state index in [1.54, 1.807) is 24.8 Å². The molecule has 23 heavy (non-hydrogen) atoms. The van der Waals surface area contributed by atoms with Gasteiger partial charge in [0.2, 0.25) is 0 Å². The molecule has 6 nitrogen and oxygen atoms in total. The zero-order chi connectivity index (χ0) is 15.8. The van der Waals surface area contributed by atoms with Crippen LogP contribution in [0.4, 0.5) is 0 Å². The van der Waals surface area contributed by atoms with Crippen LogP contribution in [0.25, 0.3) is 33.5 Å². The summed E-state index contributed by atoms with van der Waals surface area (Å²) >= 11 is 6.29. The molecule has 0 saturated carbocycles. The van der Waals surface area contributed by atoms with Crippen molar-refractivity contribution in [2.24, 2.45) is 0 Å². The molecule has 0 radical (unpaired) electrons. The van der Waals surface area contributed by atoms with Crippen LogP contribution in [0.5, 0.6) is 0 Å². The number of hydrogen-bond acceptors (Lipinski definition) is 4. The number of imidazole rings is 1. The van der Waals surface area contributed by atoms with Crippen LogP contribution >= 0.6 is 11.6 Å². The number of aromatic amines is 2. The minimum Gasteiger partial charge on any atom is -0.304 e. The summed E-state index contributed by atoms with van der Waals surface area (Å²) in [5.74, 6) is 0. The third-order valence-corrected chi connectivity index (χ3v) is 3.82. The van der Waals surface area contributed by atoms with Crippen LogP contribution in [-0.4, -0.2) is 24.9 Å². The summed E-state index contributed by atoms with van der Waals surface area (Å²) in [7, 11) is 0. The van der Waals surface area contributed by atoms with Crippen molar-refractivity contribution in [2.75, 3.05) is 0 Å². The predicted molar refractivity (Wildman–Crippen MR) is 88.2 cm³/mol. The van der Waals surface area contributed by atoms with Crippen LogP contribution in [0.3, 0.4) is 0 Å². The zero-order valence-corrected chi connectivity index (χ0v) is 12.5. The zero-order valence-electron chi connectivity index (χ0n) is 11.7. The van der Waals surface area contributed by atoms with Crippen molar-refractivity contribution in [1.29, 1.82) is 0 Å². The van der Waals surface area contributed by atoms with Gasteiger partial charge in [0, 0.05) is 41.5 Å². The molecule has 4 rings (SSSR count). The van der Waals surface area contributed by atoms with Crippen molar-refractivity contribution >= 4 is 22.8 Å². The molecule has 0 amide bonds. The highest BCUT2D eigenvalue weighted by Crippen LogP contribution is 2.35. The first-order valence-electron chi connectivity index (χ1n) is 6.86. The fraction of sp³-hybridized carbons (Fsp3) is 0. The van der Waals surface area contributed by atoms with Crippen LogP contribution in [0, 0.1) is 0 Å².